The van der Waals surface area contributed by atoms with Gasteiger partial charge in [0, 0.05) is 19.7 Å². The van der Waals surface area contributed by atoms with Crippen LogP contribution in [0.1, 0.15) is 32.6 Å². The van der Waals surface area contributed by atoms with Gasteiger partial charge >= 0.3 is 0 Å². The lowest BCUT2D eigenvalue weighted by Gasteiger charge is -2.18. The molecule has 1 heterocycles. The molecule has 0 radical (unpaired) electrons. The van der Waals surface area contributed by atoms with Crippen LogP contribution >= 0.6 is 0 Å². The molecule has 0 amide bonds. The zero-order chi connectivity index (χ0) is 17.9. The van der Waals surface area contributed by atoms with E-state index in [1.54, 1.807) is 19.2 Å². The van der Waals surface area contributed by atoms with Crippen molar-refractivity contribution in [3.63, 3.8) is 0 Å². The second-order valence-electron chi connectivity index (χ2n) is 6.52. The van der Waals surface area contributed by atoms with E-state index in [4.69, 9.17) is 4.74 Å². The highest BCUT2D eigenvalue weighted by atomic mass is 19.1. The van der Waals surface area contributed by atoms with Crippen LogP contribution in [-0.4, -0.2) is 56.7 Å². The van der Waals surface area contributed by atoms with E-state index >= 15 is 0 Å². The minimum atomic E-state index is -0.288. The molecule has 1 aliphatic rings. The third kappa shape index (κ3) is 7.73. The van der Waals surface area contributed by atoms with Crippen LogP contribution in [0, 0.1) is 5.82 Å². The normalized spacial score (nSPS) is 16.7. The van der Waals surface area contributed by atoms with Gasteiger partial charge in [-0.15, -0.1) is 0 Å². The topological polar surface area (TPSA) is 48.9 Å². The minimum Gasteiger partial charge on any atom is -0.489 e. The molecule has 2 rings (SSSR count). The van der Waals surface area contributed by atoms with Gasteiger partial charge in [0.15, 0.2) is 5.96 Å². The lowest BCUT2D eigenvalue weighted by Crippen LogP contribution is -2.42. The monoisotopic (exact) mass is 350 g/mol. The number of nitrogens with one attached hydrogen (secondary N) is 2. The summed E-state index contributed by atoms with van der Waals surface area (Å²) in [5.41, 5.74) is 0. The zero-order valence-electron chi connectivity index (χ0n) is 15.4. The molecular weight excluding hydrogens is 319 g/mol. The Bertz CT molecular complexity index is 532. The first kappa shape index (κ1) is 19.5. The van der Waals surface area contributed by atoms with E-state index in [1.165, 1.54) is 51.0 Å². The number of aliphatic imine (C=N–C) groups is 1. The van der Waals surface area contributed by atoms with Gasteiger partial charge in [0.25, 0.3) is 0 Å². The van der Waals surface area contributed by atoms with Crippen molar-refractivity contribution in [2.75, 3.05) is 39.8 Å². The molecule has 2 N–H and O–H groups in total. The number of unbranched alkanes of at least 4 members (excludes halogenated alkanes) is 1. The second-order valence-corrected chi connectivity index (χ2v) is 6.52. The van der Waals surface area contributed by atoms with Gasteiger partial charge in [-0.1, -0.05) is 6.07 Å². The molecule has 0 saturated carbocycles. The summed E-state index contributed by atoms with van der Waals surface area (Å²) < 4.78 is 18.9. The summed E-state index contributed by atoms with van der Waals surface area (Å²) in [5.74, 6) is 1.03. The van der Waals surface area contributed by atoms with Crippen molar-refractivity contribution in [3.8, 4) is 5.75 Å². The lowest BCUT2D eigenvalue weighted by atomic mass is 10.3. The van der Waals surface area contributed by atoms with Crippen LogP contribution in [0.15, 0.2) is 29.3 Å². The number of likely N-dealkylation sites (tertiary alicyclic amines) is 1. The predicted octanol–water partition coefficient (Wildman–Crippen LogP) is 2.63. The predicted molar refractivity (Wildman–Crippen MR) is 101 cm³/mol. The Balaban J connectivity index is 1.57. The highest BCUT2D eigenvalue weighted by molar-refractivity contribution is 5.79. The van der Waals surface area contributed by atoms with E-state index in [0.717, 1.165) is 18.9 Å². The molecule has 25 heavy (non-hydrogen) atoms. The first-order chi connectivity index (χ1) is 12.2. The lowest BCUT2D eigenvalue weighted by molar-refractivity contribution is 0.223. The number of hydrogen-bond donors (Lipinski definition) is 2. The van der Waals surface area contributed by atoms with Crippen molar-refractivity contribution in [1.82, 2.24) is 15.5 Å². The fourth-order valence-electron chi connectivity index (χ4n) is 2.95. The molecule has 1 fully saturated rings. The maximum Gasteiger partial charge on any atom is 0.191 e. The van der Waals surface area contributed by atoms with E-state index in [-0.39, 0.29) is 11.9 Å². The van der Waals surface area contributed by atoms with E-state index in [1.807, 2.05) is 6.92 Å². The van der Waals surface area contributed by atoms with E-state index in [2.05, 4.69) is 20.5 Å². The van der Waals surface area contributed by atoms with Crippen molar-refractivity contribution < 1.29 is 9.13 Å². The van der Waals surface area contributed by atoms with Crippen LogP contribution < -0.4 is 15.4 Å². The number of halogens is 1. The Labute approximate surface area is 150 Å². The second kappa shape index (κ2) is 10.9. The molecule has 1 saturated heterocycles. The molecular formula is C19H31FN4O. The van der Waals surface area contributed by atoms with Gasteiger partial charge in [-0.3, -0.25) is 4.99 Å². The molecule has 1 aromatic carbocycles. The van der Waals surface area contributed by atoms with Gasteiger partial charge < -0.3 is 20.3 Å². The van der Waals surface area contributed by atoms with Gasteiger partial charge in [-0.25, -0.2) is 4.39 Å². The summed E-state index contributed by atoms with van der Waals surface area (Å²) in [6.45, 7) is 7.18. The van der Waals surface area contributed by atoms with E-state index in [9.17, 15) is 4.39 Å². The quantitative estimate of drug-likeness (QED) is 0.408. The first-order valence-electron chi connectivity index (χ1n) is 9.26. The molecule has 140 valence electrons. The van der Waals surface area contributed by atoms with Crippen molar-refractivity contribution in [2.45, 2.75) is 38.7 Å². The van der Waals surface area contributed by atoms with Gasteiger partial charge in [0.05, 0.1) is 6.54 Å². The maximum absolute atomic E-state index is 13.2. The van der Waals surface area contributed by atoms with Crippen LogP contribution in [0.3, 0.4) is 0 Å². The highest BCUT2D eigenvalue weighted by Crippen LogP contribution is 2.13. The SMILES string of the molecule is CN=C(NCCCCN1CCCC1)NCC(C)Oc1cccc(F)c1. The Kier molecular flexibility index (Phi) is 8.52. The van der Waals surface area contributed by atoms with Crippen LogP contribution in [-0.2, 0) is 0 Å². The first-order valence-corrected chi connectivity index (χ1v) is 9.26. The largest absolute Gasteiger partial charge is 0.489 e. The number of guanidine groups is 1. The van der Waals surface area contributed by atoms with Gasteiger partial charge in [0.2, 0.25) is 0 Å². The van der Waals surface area contributed by atoms with Gasteiger partial charge in [-0.05, 0) is 64.4 Å². The van der Waals surface area contributed by atoms with Crippen LogP contribution in [0.4, 0.5) is 4.39 Å². The standard InChI is InChI=1S/C19H31FN4O/c1-16(25-18-9-7-8-17(20)14-18)15-23-19(21-2)22-10-3-4-11-24-12-5-6-13-24/h7-9,14,16H,3-6,10-13,15H2,1-2H3,(H2,21,22,23). The number of rotatable bonds is 9. The van der Waals surface area contributed by atoms with Crippen LogP contribution in [0.25, 0.3) is 0 Å². The number of nitrogens with zero attached hydrogens (tertiary/aromatic N) is 2. The summed E-state index contributed by atoms with van der Waals surface area (Å²) in [5, 5.41) is 6.57. The highest BCUT2D eigenvalue weighted by Gasteiger charge is 2.10. The Morgan fingerprint density at radius 1 is 1.28 bits per heavy atom. The third-order valence-corrected chi connectivity index (χ3v) is 4.31. The van der Waals surface area contributed by atoms with E-state index in [0.29, 0.717) is 12.3 Å². The van der Waals surface area contributed by atoms with Gasteiger partial charge in [-0.2, -0.15) is 0 Å². The molecule has 1 aliphatic heterocycles. The average Bonchev–Trinajstić information content (AvgIpc) is 3.10. The number of hydrogen-bond acceptors (Lipinski definition) is 3. The van der Waals surface area contributed by atoms with Crippen LogP contribution in [0.5, 0.6) is 5.75 Å². The van der Waals surface area contributed by atoms with Crippen molar-refractivity contribution >= 4 is 5.96 Å². The summed E-state index contributed by atoms with van der Waals surface area (Å²) in [6.07, 6.45) is 4.96. The average molecular weight is 350 g/mol. The van der Waals surface area contributed by atoms with Gasteiger partial charge in [0.1, 0.15) is 17.7 Å². The Hall–Kier alpha value is -1.82. The molecule has 1 unspecified atom stereocenters. The smallest absolute Gasteiger partial charge is 0.191 e. The molecule has 0 aromatic heterocycles. The molecule has 0 aliphatic carbocycles. The molecule has 0 spiro atoms. The zero-order valence-corrected chi connectivity index (χ0v) is 15.4. The molecule has 6 heteroatoms. The van der Waals surface area contributed by atoms with Crippen LogP contribution in [0.2, 0.25) is 0 Å². The molecule has 0 bridgehead atoms. The summed E-state index contributed by atoms with van der Waals surface area (Å²) in [6, 6.07) is 6.20. The molecule has 1 aromatic rings. The minimum absolute atomic E-state index is 0.0875. The summed E-state index contributed by atoms with van der Waals surface area (Å²) >= 11 is 0. The van der Waals surface area contributed by atoms with Crippen molar-refractivity contribution in [1.29, 1.82) is 0 Å². The van der Waals surface area contributed by atoms with Crippen molar-refractivity contribution in [3.05, 3.63) is 30.1 Å². The Morgan fingerprint density at radius 2 is 2.08 bits per heavy atom. The summed E-state index contributed by atoms with van der Waals surface area (Å²) in [7, 11) is 1.76. The Morgan fingerprint density at radius 3 is 2.80 bits per heavy atom. The maximum atomic E-state index is 13.2. The number of benzene rings is 1. The molecule has 5 nitrogen and oxygen atoms in total. The third-order valence-electron chi connectivity index (χ3n) is 4.31. The van der Waals surface area contributed by atoms with E-state index < -0.39 is 0 Å². The van der Waals surface area contributed by atoms with Crippen molar-refractivity contribution in [2.24, 2.45) is 4.99 Å². The fraction of sp³-hybridized carbons (Fsp3) is 0.632. The fourth-order valence-corrected chi connectivity index (χ4v) is 2.95. The summed E-state index contributed by atoms with van der Waals surface area (Å²) in [4.78, 5) is 6.76. The number of ether oxygens (including phenoxy) is 1. The molecule has 1 atom stereocenters.